The molecule has 0 aliphatic heterocycles. The number of aliphatic imine (C=N–C) groups is 2. The number of nitrogens with two attached hydrogens (primary N) is 3. The van der Waals surface area contributed by atoms with Crippen LogP contribution in [-0.4, -0.2) is 11.9 Å². The van der Waals surface area contributed by atoms with E-state index in [0.29, 0.717) is 15.7 Å². The van der Waals surface area contributed by atoms with Gasteiger partial charge in [0.1, 0.15) is 0 Å². The van der Waals surface area contributed by atoms with Gasteiger partial charge in [-0.05, 0) is 18.6 Å². The highest BCUT2D eigenvalue weighted by atomic mass is 79.9. The maximum absolute atomic E-state index is 6.02. The highest BCUT2D eigenvalue weighted by molar-refractivity contribution is 9.10. The molecule has 8 heteroatoms. The van der Waals surface area contributed by atoms with E-state index < -0.39 is 0 Å². The minimum atomic E-state index is -0.181. The van der Waals surface area contributed by atoms with Gasteiger partial charge in [-0.3, -0.25) is 0 Å². The minimum Gasteiger partial charge on any atom is -0.370 e. The van der Waals surface area contributed by atoms with E-state index in [9.17, 15) is 0 Å². The van der Waals surface area contributed by atoms with Crippen LogP contribution in [0, 0.1) is 6.92 Å². The molecule has 0 saturated heterocycles. The predicted octanol–water partition coefficient (Wildman–Crippen LogP) is 2.28. The number of nitrogens with zero attached hydrogens (tertiary/aromatic N) is 2. The fourth-order valence-electron chi connectivity index (χ4n) is 1.04. The Labute approximate surface area is 117 Å². The van der Waals surface area contributed by atoms with Crippen LogP contribution in [0.4, 0.5) is 5.69 Å². The molecule has 0 atom stereocenters. The summed E-state index contributed by atoms with van der Waals surface area (Å²) in [6.07, 6.45) is 0. The maximum atomic E-state index is 6.02. The molecule has 0 aromatic heterocycles. The predicted molar refractivity (Wildman–Crippen MR) is 76.0 cm³/mol. The van der Waals surface area contributed by atoms with Crippen LogP contribution in [0.1, 0.15) is 5.56 Å². The van der Waals surface area contributed by atoms with Gasteiger partial charge in [0.15, 0.2) is 5.96 Å². The largest absolute Gasteiger partial charge is 0.370 e. The Morgan fingerprint density at radius 3 is 2.35 bits per heavy atom. The van der Waals surface area contributed by atoms with E-state index in [1.54, 1.807) is 6.07 Å². The minimum absolute atomic E-state index is 0.0984. The van der Waals surface area contributed by atoms with Gasteiger partial charge in [-0.25, -0.2) is 4.99 Å². The molecule has 0 unspecified atom stereocenters. The van der Waals surface area contributed by atoms with Crippen LogP contribution in [0.2, 0.25) is 10.0 Å². The lowest BCUT2D eigenvalue weighted by Gasteiger charge is -2.07. The zero-order valence-corrected chi connectivity index (χ0v) is 11.9. The van der Waals surface area contributed by atoms with Gasteiger partial charge in [-0.2, -0.15) is 4.99 Å². The van der Waals surface area contributed by atoms with Crippen LogP contribution in [0.3, 0.4) is 0 Å². The molecule has 0 aliphatic carbocycles. The van der Waals surface area contributed by atoms with Gasteiger partial charge in [0.25, 0.3) is 0 Å². The topological polar surface area (TPSA) is 103 Å². The van der Waals surface area contributed by atoms with Crippen molar-refractivity contribution in [2.75, 3.05) is 0 Å². The van der Waals surface area contributed by atoms with Crippen molar-refractivity contribution in [3.63, 3.8) is 0 Å². The molecule has 92 valence electrons. The first-order valence-corrected chi connectivity index (χ1v) is 5.95. The zero-order chi connectivity index (χ0) is 13.2. The van der Waals surface area contributed by atoms with Gasteiger partial charge >= 0.3 is 0 Å². The van der Waals surface area contributed by atoms with Gasteiger partial charge in [0.05, 0.1) is 15.7 Å². The lowest BCUT2D eigenvalue weighted by atomic mass is 10.2. The van der Waals surface area contributed by atoms with Crippen LogP contribution in [0.5, 0.6) is 0 Å². The molecule has 0 aliphatic rings. The third-order valence-electron chi connectivity index (χ3n) is 1.85. The standard InChI is InChI=1S/C9H10BrCl2N5/c1-3-4(10)2-5(7(12)6(3)11)16-9(15)17-8(13)14/h2H,1H3,(H6,13,14,15,16,17). The van der Waals surface area contributed by atoms with Crippen molar-refractivity contribution in [2.45, 2.75) is 6.92 Å². The zero-order valence-electron chi connectivity index (χ0n) is 8.84. The number of guanidine groups is 2. The fourth-order valence-corrected chi connectivity index (χ4v) is 2.00. The van der Waals surface area contributed by atoms with E-state index in [1.165, 1.54) is 0 Å². The summed E-state index contributed by atoms with van der Waals surface area (Å²) in [5.74, 6) is -0.279. The quantitative estimate of drug-likeness (QED) is 0.415. The van der Waals surface area contributed by atoms with E-state index in [4.69, 9.17) is 40.4 Å². The average molecular weight is 339 g/mol. The Bertz CT molecular complexity index is 509. The van der Waals surface area contributed by atoms with E-state index in [2.05, 4.69) is 25.9 Å². The summed E-state index contributed by atoms with van der Waals surface area (Å²) in [5, 5.41) is 0.693. The molecule has 0 radical (unpaired) electrons. The molecule has 1 aromatic rings. The molecule has 6 N–H and O–H groups in total. The van der Waals surface area contributed by atoms with Gasteiger partial charge in [0, 0.05) is 4.47 Å². The third-order valence-corrected chi connectivity index (χ3v) is 3.62. The lowest BCUT2D eigenvalue weighted by Crippen LogP contribution is -2.26. The van der Waals surface area contributed by atoms with Crippen molar-refractivity contribution in [1.82, 2.24) is 0 Å². The molecule has 0 saturated carbocycles. The van der Waals surface area contributed by atoms with Gasteiger partial charge in [-0.1, -0.05) is 39.1 Å². The molecule has 0 heterocycles. The molecule has 0 bridgehead atoms. The first-order chi connectivity index (χ1) is 7.82. The summed E-state index contributed by atoms with van der Waals surface area (Å²) >= 11 is 15.4. The second kappa shape index (κ2) is 5.57. The third kappa shape index (κ3) is 3.49. The Balaban J connectivity index is 3.30. The summed E-state index contributed by atoms with van der Waals surface area (Å²) in [4.78, 5) is 7.54. The van der Waals surface area contributed by atoms with E-state index in [1.807, 2.05) is 6.92 Å². The average Bonchev–Trinajstić information content (AvgIpc) is 2.21. The number of benzene rings is 1. The normalized spacial score (nSPS) is 11.4. The van der Waals surface area contributed by atoms with Crippen molar-refractivity contribution in [3.8, 4) is 0 Å². The Hall–Kier alpha value is -0.980. The second-order valence-electron chi connectivity index (χ2n) is 3.14. The summed E-state index contributed by atoms with van der Waals surface area (Å²) in [6, 6.07) is 1.68. The number of rotatable bonds is 1. The van der Waals surface area contributed by atoms with E-state index >= 15 is 0 Å². The van der Waals surface area contributed by atoms with E-state index in [0.717, 1.165) is 10.0 Å². The molecule has 1 aromatic carbocycles. The summed E-state index contributed by atoms with van der Waals surface area (Å²) in [7, 11) is 0. The molecule has 0 spiro atoms. The van der Waals surface area contributed by atoms with Crippen molar-refractivity contribution >= 4 is 56.7 Å². The van der Waals surface area contributed by atoms with Crippen LogP contribution < -0.4 is 17.2 Å². The molecular formula is C9H10BrCl2N5. The molecular weight excluding hydrogens is 329 g/mol. The SMILES string of the molecule is Cc1c(Br)cc(N=C(N)N=C(N)N)c(Cl)c1Cl. The van der Waals surface area contributed by atoms with Crippen LogP contribution in [0.15, 0.2) is 20.5 Å². The van der Waals surface area contributed by atoms with Crippen LogP contribution in [0.25, 0.3) is 0 Å². The molecule has 0 amide bonds. The number of halogens is 3. The highest BCUT2D eigenvalue weighted by Crippen LogP contribution is 2.38. The van der Waals surface area contributed by atoms with Crippen LogP contribution >= 0.6 is 39.1 Å². The molecule has 5 nitrogen and oxygen atoms in total. The van der Waals surface area contributed by atoms with Crippen molar-refractivity contribution in [2.24, 2.45) is 27.2 Å². The van der Waals surface area contributed by atoms with Crippen molar-refractivity contribution in [1.29, 1.82) is 0 Å². The molecule has 17 heavy (non-hydrogen) atoms. The monoisotopic (exact) mass is 337 g/mol. The number of hydrogen-bond donors (Lipinski definition) is 3. The van der Waals surface area contributed by atoms with Crippen LogP contribution in [-0.2, 0) is 0 Å². The Kier molecular flexibility index (Phi) is 4.62. The highest BCUT2D eigenvalue weighted by Gasteiger charge is 2.11. The lowest BCUT2D eigenvalue weighted by molar-refractivity contribution is 1.35. The second-order valence-corrected chi connectivity index (χ2v) is 4.75. The van der Waals surface area contributed by atoms with Gasteiger partial charge in [0.2, 0.25) is 5.96 Å². The first-order valence-electron chi connectivity index (χ1n) is 4.40. The summed E-state index contributed by atoms with van der Waals surface area (Å²) < 4.78 is 0.767. The molecule has 1 rings (SSSR count). The summed E-state index contributed by atoms with van der Waals surface area (Å²) in [5.41, 5.74) is 17.0. The summed E-state index contributed by atoms with van der Waals surface area (Å²) in [6.45, 7) is 1.82. The van der Waals surface area contributed by atoms with Gasteiger partial charge in [-0.15, -0.1) is 0 Å². The Morgan fingerprint density at radius 2 is 1.82 bits per heavy atom. The fraction of sp³-hybridized carbons (Fsp3) is 0.111. The van der Waals surface area contributed by atoms with Crippen molar-refractivity contribution < 1.29 is 0 Å². The molecule has 0 fully saturated rings. The smallest absolute Gasteiger partial charge is 0.223 e. The van der Waals surface area contributed by atoms with Crippen molar-refractivity contribution in [3.05, 3.63) is 26.1 Å². The van der Waals surface area contributed by atoms with E-state index in [-0.39, 0.29) is 11.9 Å². The number of hydrogen-bond acceptors (Lipinski definition) is 1. The maximum Gasteiger partial charge on any atom is 0.223 e. The van der Waals surface area contributed by atoms with Gasteiger partial charge < -0.3 is 17.2 Å². The first kappa shape index (κ1) is 14.1. The Morgan fingerprint density at radius 1 is 1.24 bits per heavy atom.